The second kappa shape index (κ2) is 8.30. The molecule has 0 radical (unpaired) electrons. The molecule has 2 saturated heterocycles. The molecule has 1 aromatic carbocycles. The van der Waals surface area contributed by atoms with Crippen molar-refractivity contribution in [2.75, 3.05) is 32.8 Å². The highest BCUT2D eigenvalue weighted by Crippen LogP contribution is 2.31. The van der Waals surface area contributed by atoms with Crippen LogP contribution in [0.4, 0.5) is 0 Å². The number of aliphatic hydroxyl groups is 1. The maximum atomic E-state index is 12.4. The molecule has 2 unspecified atom stereocenters. The Kier molecular flexibility index (Phi) is 6.11. The van der Waals surface area contributed by atoms with Crippen LogP contribution in [0.5, 0.6) is 0 Å². The van der Waals surface area contributed by atoms with Crippen molar-refractivity contribution in [1.29, 1.82) is 0 Å². The van der Waals surface area contributed by atoms with Crippen LogP contribution in [0.2, 0.25) is 5.02 Å². The lowest BCUT2D eigenvalue weighted by molar-refractivity contribution is -0.134. The summed E-state index contributed by atoms with van der Waals surface area (Å²) in [7, 11) is 0. The number of likely N-dealkylation sites (tertiary alicyclic amines) is 1. The van der Waals surface area contributed by atoms with E-state index in [-0.39, 0.29) is 17.9 Å². The minimum Gasteiger partial charge on any atom is -0.388 e. The molecule has 6 heteroatoms. The summed E-state index contributed by atoms with van der Waals surface area (Å²) in [4.78, 5) is 14.3. The number of nitrogens with one attached hydrogen (secondary N) is 1. The van der Waals surface area contributed by atoms with E-state index in [4.69, 9.17) is 16.3 Å². The molecule has 2 aliphatic heterocycles. The number of piperidine rings is 1. The highest BCUT2D eigenvalue weighted by atomic mass is 35.5. The van der Waals surface area contributed by atoms with E-state index in [2.05, 4.69) is 5.32 Å². The number of hydrogen-bond donors (Lipinski definition) is 2. The number of nitrogens with zero attached hydrogens (tertiary/aromatic N) is 1. The minimum absolute atomic E-state index is 0.128. The molecule has 2 atom stereocenters. The van der Waals surface area contributed by atoms with Crippen LogP contribution in [0.1, 0.15) is 30.9 Å². The van der Waals surface area contributed by atoms with Gasteiger partial charge in [-0.05, 0) is 36.5 Å². The maximum absolute atomic E-state index is 12.4. The molecule has 2 N–H and O–H groups in total. The van der Waals surface area contributed by atoms with Crippen LogP contribution < -0.4 is 5.32 Å². The Morgan fingerprint density at radius 3 is 2.67 bits per heavy atom. The third kappa shape index (κ3) is 4.48. The third-order valence-corrected chi connectivity index (χ3v) is 5.22. The van der Waals surface area contributed by atoms with E-state index in [1.807, 2.05) is 17.0 Å². The first-order valence-corrected chi connectivity index (χ1v) is 9.03. The second-order valence-corrected chi connectivity index (χ2v) is 7.08. The van der Waals surface area contributed by atoms with E-state index in [9.17, 15) is 9.90 Å². The van der Waals surface area contributed by atoms with Crippen LogP contribution in [0.3, 0.4) is 0 Å². The largest absolute Gasteiger partial charge is 0.388 e. The van der Waals surface area contributed by atoms with Crippen LogP contribution in [-0.2, 0) is 9.53 Å². The average molecular weight is 353 g/mol. The van der Waals surface area contributed by atoms with Crippen molar-refractivity contribution in [2.45, 2.75) is 31.4 Å². The van der Waals surface area contributed by atoms with Crippen molar-refractivity contribution in [3.8, 4) is 0 Å². The van der Waals surface area contributed by atoms with Gasteiger partial charge in [-0.15, -0.1) is 0 Å². The van der Waals surface area contributed by atoms with Gasteiger partial charge in [-0.1, -0.05) is 23.7 Å². The van der Waals surface area contributed by atoms with Gasteiger partial charge in [0.15, 0.2) is 0 Å². The van der Waals surface area contributed by atoms with Gasteiger partial charge in [0.1, 0.15) is 0 Å². The summed E-state index contributed by atoms with van der Waals surface area (Å²) in [6, 6.07) is 7.48. The summed E-state index contributed by atoms with van der Waals surface area (Å²) in [6.45, 7) is 3.56. The van der Waals surface area contributed by atoms with Gasteiger partial charge in [0.25, 0.3) is 0 Å². The van der Waals surface area contributed by atoms with Crippen molar-refractivity contribution in [3.63, 3.8) is 0 Å². The van der Waals surface area contributed by atoms with Gasteiger partial charge in [0, 0.05) is 37.1 Å². The molecule has 0 saturated carbocycles. The fourth-order valence-corrected chi connectivity index (χ4v) is 3.61. The van der Waals surface area contributed by atoms with Crippen molar-refractivity contribution < 1.29 is 14.6 Å². The number of morpholine rings is 1. The summed E-state index contributed by atoms with van der Waals surface area (Å²) in [6.07, 6.45) is 1.64. The first-order valence-electron chi connectivity index (χ1n) is 8.66. The molecule has 24 heavy (non-hydrogen) atoms. The number of amides is 1. The van der Waals surface area contributed by atoms with Crippen molar-refractivity contribution >= 4 is 17.5 Å². The average Bonchev–Trinajstić information content (AvgIpc) is 2.63. The van der Waals surface area contributed by atoms with E-state index in [0.717, 1.165) is 31.6 Å². The molecule has 0 aliphatic carbocycles. The van der Waals surface area contributed by atoms with Crippen LogP contribution in [0.15, 0.2) is 24.3 Å². The Labute approximate surface area is 147 Å². The van der Waals surface area contributed by atoms with Crippen molar-refractivity contribution in [2.24, 2.45) is 5.92 Å². The van der Waals surface area contributed by atoms with Crippen molar-refractivity contribution in [1.82, 2.24) is 10.2 Å². The Morgan fingerprint density at radius 1 is 1.33 bits per heavy atom. The second-order valence-electron chi connectivity index (χ2n) is 6.64. The summed E-state index contributed by atoms with van der Waals surface area (Å²) < 4.78 is 5.40. The summed E-state index contributed by atoms with van der Waals surface area (Å²) in [5.74, 6) is 0.365. The van der Waals surface area contributed by atoms with Crippen LogP contribution in [0.25, 0.3) is 0 Å². The zero-order chi connectivity index (χ0) is 16.9. The molecule has 132 valence electrons. The lowest BCUT2D eigenvalue weighted by Crippen LogP contribution is -2.46. The smallest absolute Gasteiger partial charge is 0.224 e. The maximum Gasteiger partial charge on any atom is 0.224 e. The monoisotopic (exact) mass is 352 g/mol. The fourth-order valence-electron chi connectivity index (χ4n) is 3.49. The molecule has 2 heterocycles. The molecule has 3 rings (SSSR count). The molecule has 2 fully saturated rings. The normalized spacial score (nSPS) is 23.9. The third-order valence-electron chi connectivity index (χ3n) is 4.97. The summed E-state index contributed by atoms with van der Waals surface area (Å²) in [5, 5.41) is 14.5. The number of hydrogen-bond acceptors (Lipinski definition) is 4. The van der Waals surface area contributed by atoms with Gasteiger partial charge in [-0.25, -0.2) is 0 Å². The van der Waals surface area contributed by atoms with E-state index in [1.54, 1.807) is 12.1 Å². The molecular formula is C18H25ClN2O3. The van der Waals surface area contributed by atoms with E-state index >= 15 is 0 Å². The van der Waals surface area contributed by atoms with E-state index < -0.39 is 6.10 Å². The number of halogens is 1. The lowest BCUT2D eigenvalue weighted by atomic mass is 9.87. The van der Waals surface area contributed by atoms with E-state index in [1.165, 1.54) is 0 Å². The number of rotatable bonds is 4. The molecule has 2 aliphatic rings. The Morgan fingerprint density at radius 2 is 2.04 bits per heavy atom. The fraction of sp³-hybridized carbons (Fsp3) is 0.611. The quantitative estimate of drug-likeness (QED) is 0.870. The van der Waals surface area contributed by atoms with E-state index in [0.29, 0.717) is 31.1 Å². The SMILES string of the molecule is O=C(CC1COCCN1)N1CCC(C(O)c2ccc(Cl)cc2)CC1. The molecule has 5 nitrogen and oxygen atoms in total. The lowest BCUT2D eigenvalue weighted by Gasteiger charge is -2.35. The van der Waals surface area contributed by atoms with Crippen LogP contribution in [0, 0.1) is 5.92 Å². The number of benzene rings is 1. The highest BCUT2D eigenvalue weighted by Gasteiger charge is 2.29. The number of ether oxygens (including phenoxy) is 1. The van der Waals surface area contributed by atoms with Crippen molar-refractivity contribution in [3.05, 3.63) is 34.9 Å². The zero-order valence-corrected chi connectivity index (χ0v) is 14.5. The van der Waals surface area contributed by atoms with Gasteiger partial charge < -0.3 is 20.1 Å². The molecular weight excluding hydrogens is 328 g/mol. The molecule has 1 aromatic rings. The van der Waals surface area contributed by atoms with Gasteiger partial charge in [0.05, 0.1) is 19.3 Å². The van der Waals surface area contributed by atoms with Gasteiger partial charge in [-0.2, -0.15) is 0 Å². The predicted octanol–water partition coefficient (Wildman–Crippen LogP) is 1.99. The topological polar surface area (TPSA) is 61.8 Å². The predicted molar refractivity (Wildman–Crippen MR) is 92.9 cm³/mol. The first kappa shape index (κ1) is 17.7. The Bertz CT molecular complexity index is 538. The molecule has 0 spiro atoms. The first-order chi connectivity index (χ1) is 11.6. The molecule has 1 amide bonds. The number of carbonyl (C=O) groups excluding carboxylic acids is 1. The van der Waals surface area contributed by atoms with Gasteiger partial charge in [-0.3, -0.25) is 4.79 Å². The minimum atomic E-state index is -0.493. The number of aliphatic hydroxyl groups excluding tert-OH is 1. The molecule has 0 aromatic heterocycles. The van der Waals surface area contributed by atoms with Crippen LogP contribution in [-0.4, -0.2) is 54.8 Å². The highest BCUT2D eigenvalue weighted by molar-refractivity contribution is 6.30. The Hall–Kier alpha value is -1.14. The zero-order valence-electron chi connectivity index (χ0n) is 13.8. The standard InChI is InChI=1S/C18H25ClN2O3/c19-15-3-1-13(2-4-15)18(23)14-5-8-21(9-6-14)17(22)11-16-12-24-10-7-20-16/h1-4,14,16,18,20,23H,5-12H2. The summed E-state index contributed by atoms with van der Waals surface area (Å²) >= 11 is 5.90. The van der Waals surface area contributed by atoms with Crippen LogP contribution >= 0.6 is 11.6 Å². The van der Waals surface area contributed by atoms with Gasteiger partial charge >= 0.3 is 0 Å². The number of carbonyl (C=O) groups is 1. The van der Waals surface area contributed by atoms with Gasteiger partial charge in [0.2, 0.25) is 5.91 Å². The summed E-state index contributed by atoms with van der Waals surface area (Å²) in [5.41, 5.74) is 0.896. The molecule has 0 bridgehead atoms. The Balaban J connectivity index is 1.47.